The highest BCUT2D eigenvalue weighted by Gasteiger charge is 2.04. The molecule has 19 heavy (non-hydrogen) atoms. The zero-order chi connectivity index (χ0) is 13.7. The Balaban J connectivity index is 2.22. The Morgan fingerprint density at radius 2 is 2.05 bits per heavy atom. The summed E-state index contributed by atoms with van der Waals surface area (Å²) in [6.07, 6.45) is 0.718. The summed E-state index contributed by atoms with van der Waals surface area (Å²) in [6, 6.07) is 10.0. The first-order valence-electron chi connectivity index (χ1n) is 6.32. The number of methoxy groups -OCH3 is 1. The number of hydrogen-bond donors (Lipinski definition) is 1. The van der Waals surface area contributed by atoms with Crippen LogP contribution in [0.2, 0.25) is 0 Å². The van der Waals surface area contributed by atoms with Gasteiger partial charge >= 0.3 is 0 Å². The van der Waals surface area contributed by atoms with Gasteiger partial charge < -0.3 is 10.1 Å². The summed E-state index contributed by atoms with van der Waals surface area (Å²) in [5.74, 6) is 1.71. The van der Waals surface area contributed by atoms with Crippen molar-refractivity contribution in [1.82, 2.24) is 15.3 Å². The lowest BCUT2D eigenvalue weighted by molar-refractivity contribution is 0.414. The van der Waals surface area contributed by atoms with Gasteiger partial charge in [0.15, 0.2) is 0 Å². The molecule has 0 aliphatic carbocycles. The smallest absolute Gasteiger partial charge is 0.133 e. The first kappa shape index (κ1) is 13.5. The van der Waals surface area contributed by atoms with E-state index in [9.17, 15) is 0 Å². The summed E-state index contributed by atoms with van der Waals surface area (Å²) >= 11 is 0. The second-order valence-electron chi connectivity index (χ2n) is 4.48. The Hall–Kier alpha value is -1.94. The van der Waals surface area contributed by atoms with Crippen molar-refractivity contribution in [2.45, 2.75) is 19.9 Å². The van der Waals surface area contributed by atoms with Crippen LogP contribution in [0.15, 0.2) is 30.3 Å². The van der Waals surface area contributed by atoms with Crippen LogP contribution in [0, 0.1) is 6.92 Å². The Labute approximate surface area is 113 Å². The molecule has 0 unspecified atom stereocenters. The van der Waals surface area contributed by atoms with Crippen molar-refractivity contribution in [3.63, 3.8) is 0 Å². The molecule has 0 amide bonds. The molecule has 2 rings (SSSR count). The molecule has 0 aliphatic heterocycles. The van der Waals surface area contributed by atoms with Crippen LogP contribution in [-0.4, -0.2) is 24.1 Å². The number of nitrogens with one attached hydrogen (secondary N) is 1. The van der Waals surface area contributed by atoms with E-state index in [1.54, 1.807) is 7.11 Å². The second kappa shape index (κ2) is 6.29. The van der Waals surface area contributed by atoms with Crippen molar-refractivity contribution in [2.24, 2.45) is 0 Å². The molecule has 0 saturated heterocycles. The van der Waals surface area contributed by atoms with Crippen LogP contribution in [0.25, 0.3) is 0 Å². The number of rotatable bonds is 5. The van der Waals surface area contributed by atoms with E-state index in [0.29, 0.717) is 0 Å². The molecule has 0 saturated carbocycles. The highest BCUT2D eigenvalue weighted by molar-refractivity contribution is 5.30. The third-order valence-corrected chi connectivity index (χ3v) is 2.81. The normalized spacial score (nSPS) is 10.5. The molecular formula is C15H19N3O. The average Bonchev–Trinajstić information content (AvgIpc) is 2.38. The predicted molar refractivity (Wildman–Crippen MR) is 75.3 cm³/mol. The Morgan fingerprint density at radius 3 is 2.79 bits per heavy atom. The first-order chi connectivity index (χ1) is 9.21. The topological polar surface area (TPSA) is 47.0 Å². The minimum absolute atomic E-state index is 0.718. The van der Waals surface area contributed by atoms with Gasteiger partial charge in [-0.3, -0.25) is 0 Å². The summed E-state index contributed by atoms with van der Waals surface area (Å²) in [5.41, 5.74) is 3.17. The monoisotopic (exact) mass is 257 g/mol. The Kier molecular flexibility index (Phi) is 4.47. The van der Waals surface area contributed by atoms with Crippen LogP contribution in [0.1, 0.15) is 22.8 Å². The van der Waals surface area contributed by atoms with Crippen LogP contribution in [0.3, 0.4) is 0 Å². The lowest BCUT2D eigenvalue weighted by Crippen LogP contribution is -2.10. The molecule has 0 bridgehead atoms. The Bertz CT molecular complexity index is 555. The van der Waals surface area contributed by atoms with Crippen LogP contribution < -0.4 is 10.1 Å². The maximum absolute atomic E-state index is 5.23. The third kappa shape index (κ3) is 3.76. The summed E-state index contributed by atoms with van der Waals surface area (Å²) in [7, 11) is 3.59. The van der Waals surface area contributed by atoms with Gasteiger partial charge in [0.1, 0.15) is 11.6 Å². The van der Waals surface area contributed by atoms with Gasteiger partial charge in [-0.15, -0.1) is 0 Å². The van der Waals surface area contributed by atoms with E-state index in [1.165, 1.54) is 0 Å². The SMILES string of the molecule is CNCc1cc(C)nc(Cc2cccc(OC)c2)n1. The molecule has 0 aliphatic rings. The van der Waals surface area contributed by atoms with Crippen molar-refractivity contribution in [3.05, 3.63) is 53.1 Å². The zero-order valence-corrected chi connectivity index (χ0v) is 11.6. The molecule has 2 aromatic rings. The number of aromatic nitrogens is 2. The maximum atomic E-state index is 5.23. The van der Waals surface area contributed by atoms with E-state index in [2.05, 4.69) is 21.4 Å². The molecule has 100 valence electrons. The number of aryl methyl sites for hydroxylation is 1. The molecular weight excluding hydrogens is 238 g/mol. The van der Waals surface area contributed by atoms with Gasteiger partial charge in [-0.05, 0) is 37.7 Å². The van der Waals surface area contributed by atoms with Crippen molar-refractivity contribution in [3.8, 4) is 5.75 Å². The van der Waals surface area contributed by atoms with Crippen LogP contribution in [0.4, 0.5) is 0 Å². The van der Waals surface area contributed by atoms with E-state index in [4.69, 9.17) is 4.74 Å². The highest BCUT2D eigenvalue weighted by atomic mass is 16.5. The van der Waals surface area contributed by atoms with Crippen molar-refractivity contribution < 1.29 is 4.74 Å². The second-order valence-corrected chi connectivity index (χ2v) is 4.48. The quantitative estimate of drug-likeness (QED) is 0.891. The standard InChI is InChI=1S/C15H19N3O/c1-11-7-13(10-16-2)18-15(17-11)9-12-5-4-6-14(8-12)19-3/h4-8,16H,9-10H2,1-3H3. The molecule has 0 fully saturated rings. The van der Waals surface area contributed by atoms with Gasteiger partial charge in [0, 0.05) is 18.7 Å². The largest absolute Gasteiger partial charge is 0.497 e. The van der Waals surface area contributed by atoms with Gasteiger partial charge in [-0.2, -0.15) is 0 Å². The third-order valence-electron chi connectivity index (χ3n) is 2.81. The van der Waals surface area contributed by atoms with Gasteiger partial charge in [0.25, 0.3) is 0 Å². The fraction of sp³-hybridized carbons (Fsp3) is 0.333. The molecule has 4 nitrogen and oxygen atoms in total. The van der Waals surface area contributed by atoms with Gasteiger partial charge in [0.05, 0.1) is 12.8 Å². The number of nitrogens with zero attached hydrogens (tertiary/aromatic N) is 2. The van der Waals surface area contributed by atoms with Crippen molar-refractivity contribution in [2.75, 3.05) is 14.2 Å². The fourth-order valence-electron chi connectivity index (χ4n) is 2.02. The van der Waals surface area contributed by atoms with E-state index >= 15 is 0 Å². The molecule has 1 aromatic carbocycles. The van der Waals surface area contributed by atoms with E-state index < -0.39 is 0 Å². The summed E-state index contributed by atoms with van der Waals surface area (Å²) < 4.78 is 5.23. The maximum Gasteiger partial charge on any atom is 0.133 e. The number of benzene rings is 1. The van der Waals surface area contributed by atoms with Gasteiger partial charge in [-0.25, -0.2) is 9.97 Å². The molecule has 1 N–H and O–H groups in total. The molecule has 1 aromatic heterocycles. The fourth-order valence-corrected chi connectivity index (χ4v) is 2.02. The zero-order valence-electron chi connectivity index (χ0n) is 11.6. The first-order valence-corrected chi connectivity index (χ1v) is 6.32. The van der Waals surface area contributed by atoms with Crippen LogP contribution in [0.5, 0.6) is 5.75 Å². The minimum Gasteiger partial charge on any atom is -0.497 e. The molecule has 0 radical (unpaired) electrons. The number of ether oxygens (including phenoxy) is 1. The van der Waals surface area contributed by atoms with E-state index in [1.807, 2.05) is 38.2 Å². The molecule has 0 spiro atoms. The highest BCUT2D eigenvalue weighted by Crippen LogP contribution is 2.15. The van der Waals surface area contributed by atoms with Crippen molar-refractivity contribution >= 4 is 0 Å². The van der Waals surface area contributed by atoms with Gasteiger partial charge in [0.2, 0.25) is 0 Å². The molecule has 0 atom stereocenters. The summed E-state index contributed by atoms with van der Waals surface area (Å²) in [5, 5.41) is 3.11. The van der Waals surface area contributed by atoms with Crippen molar-refractivity contribution in [1.29, 1.82) is 0 Å². The summed E-state index contributed by atoms with van der Waals surface area (Å²) in [6.45, 7) is 2.75. The van der Waals surface area contributed by atoms with E-state index in [0.717, 1.165) is 41.5 Å². The Morgan fingerprint density at radius 1 is 1.21 bits per heavy atom. The summed E-state index contributed by atoms with van der Waals surface area (Å²) in [4.78, 5) is 9.05. The van der Waals surface area contributed by atoms with E-state index in [-0.39, 0.29) is 0 Å². The minimum atomic E-state index is 0.718. The van der Waals surface area contributed by atoms with Crippen LogP contribution >= 0.6 is 0 Å². The lowest BCUT2D eigenvalue weighted by atomic mass is 10.1. The number of hydrogen-bond acceptors (Lipinski definition) is 4. The molecule has 1 heterocycles. The van der Waals surface area contributed by atoms with Gasteiger partial charge in [-0.1, -0.05) is 12.1 Å². The predicted octanol–water partition coefficient (Wildman–Crippen LogP) is 2.10. The van der Waals surface area contributed by atoms with Crippen LogP contribution in [-0.2, 0) is 13.0 Å². The average molecular weight is 257 g/mol. The molecule has 4 heteroatoms. The lowest BCUT2D eigenvalue weighted by Gasteiger charge is -2.07.